The first kappa shape index (κ1) is 12.4. The summed E-state index contributed by atoms with van der Waals surface area (Å²) >= 11 is 4.75. The first-order chi connectivity index (χ1) is 8.60. The predicted molar refractivity (Wildman–Crippen MR) is 68.0 cm³/mol. The van der Waals surface area contributed by atoms with Gasteiger partial charge in [0.05, 0.1) is 13.7 Å². The van der Waals surface area contributed by atoms with Gasteiger partial charge in [-0.3, -0.25) is 0 Å². The van der Waals surface area contributed by atoms with Crippen molar-refractivity contribution in [3.8, 4) is 5.75 Å². The minimum Gasteiger partial charge on any atom is -0.497 e. The van der Waals surface area contributed by atoms with Crippen LogP contribution >= 0.6 is 12.2 Å². The van der Waals surface area contributed by atoms with E-state index in [-0.39, 0.29) is 23.2 Å². The summed E-state index contributed by atoms with van der Waals surface area (Å²) in [4.78, 5) is 4.03. The molecule has 7 heteroatoms. The van der Waals surface area contributed by atoms with Crippen molar-refractivity contribution in [1.82, 2.24) is 14.8 Å². The Balaban J connectivity index is 2.20. The molecule has 0 unspecified atom stereocenters. The summed E-state index contributed by atoms with van der Waals surface area (Å²) in [5, 5.41) is 4.03. The van der Waals surface area contributed by atoms with E-state index in [4.69, 9.17) is 22.7 Å². The molecule has 1 heterocycles. The summed E-state index contributed by atoms with van der Waals surface area (Å²) in [6, 6.07) is 4.64. The number of hydrogen-bond donors (Lipinski definition) is 1. The molecule has 1 aromatic heterocycles. The van der Waals surface area contributed by atoms with Crippen LogP contribution in [0.25, 0.3) is 0 Å². The average Bonchev–Trinajstić information content (AvgIpc) is 2.80. The van der Waals surface area contributed by atoms with Crippen molar-refractivity contribution in [2.45, 2.75) is 6.54 Å². The molecule has 1 aromatic carbocycles. The van der Waals surface area contributed by atoms with Gasteiger partial charge in [0.2, 0.25) is 5.82 Å². The molecule has 5 nitrogen and oxygen atoms in total. The molecule has 2 rings (SSSR count). The number of aromatic nitrogens is 3. The second-order valence-corrected chi connectivity index (χ2v) is 4.03. The average molecular weight is 266 g/mol. The van der Waals surface area contributed by atoms with Crippen LogP contribution in [0.5, 0.6) is 5.75 Å². The van der Waals surface area contributed by atoms with E-state index in [9.17, 15) is 4.39 Å². The van der Waals surface area contributed by atoms with E-state index in [0.717, 1.165) is 0 Å². The van der Waals surface area contributed by atoms with Crippen molar-refractivity contribution >= 4 is 17.2 Å². The number of hydrogen-bond acceptors (Lipinski definition) is 4. The summed E-state index contributed by atoms with van der Waals surface area (Å²) < 4.78 is 20.1. The van der Waals surface area contributed by atoms with E-state index >= 15 is 0 Å². The van der Waals surface area contributed by atoms with Gasteiger partial charge in [-0.05, 0) is 6.07 Å². The lowest BCUT2D eigenvalue weighted by Gasteiger charge is -2.05. The van der Waals surface area contributed by atoms with Gasteiger partial charge in [0.1, 0.15) is 22.9 Å². The lowest BCUT2D eigenvalue weighted by atomic mass is 10.2. The molecule has 94 valence electrons. The number of methoxy groups -OCH3 is 1. The Morgan fingerprint density at radius 2 is 2.33 bits per heavy atom. The highest BCUT2D eigenvalue weighted by Crippen LogP contribution is 2.16. The lowest BCUT2D eigenvalue weighted by molar-refractivity contribution is 0.410. The van der Waals surface area contributed by atoms with E-state index in [1.54, 1.807) is 12.1 Å². The molecule has 0 aliphatic heterocycles. The number of thiocarbonyl (C=S) groups is 1. The fourth-order valence-electron chi connectivity index (χ4n) is 1.44. The van der Waals surface area contributed by atoms with Gasteiger partial charge in [-0.15, -0.1) is 5.10 Å². The van der Waals surface area contributed by atoms with Crippen molar-refractivity contribution in [1.29, 1.82) is 0 Å². The third-order valence-electron chi connectivity index (χ3n) is 2.35. The predicted octanol–water partition coefficient (Wildman–Crippen LogP) is 1.11. The van der Waals surface area contributed by atoms with E-state index in [0.29, 0.717) is 11.3 Å². The molecule has 0 saturated carbocycles. The number of halogens is 1. The standard InChI is InChI=1S/C11H11FN4OS/c1-17-8-3-2-7(9(12)4-8)5-16-6-14-11(15-16)10(13)18/h2-4,6H,5H2,1H3,(H2,13,18). The highest BCUT2D eigenvalue weighted by Gasteiger charge is 2.07. The normalized spacial score (nSPS) is 10.3. The molecule has 2 N–H and O–H groups in total. The summed E-state index contributed by atoms with van der Waals surface area (Å²) in [6.07, 6.45) is 1.46. The molecule has 0 spiro atoms. The van der Waals surface area contributed by atoms with Crippen molar-refractivity contribution < 1.29 is 9.13 Å². The number of rotatable bonds is 4. The SMILES string of the molecule is COc1ccc(Cn2cnc(C(N)=S)n2)c(F)c1. The summed E-state index contributed by atoms with van der Waals surface area (Å²) in [5.74, 6) is 0.388. The minimum atomic E-state index is -0.360. The van der Waals surface area contributed by atoms with Gasteiger partial charge in [0.25, 0.3) is 0 Å². The Bertz CT molecular complexity index is 584. The zero-order chi connectivity index (χ0) is 13.1. The maximum atomic E-state index is 13.7. The highest BCUT2D eigenvalue weighted by atomic mass is 32.1. The zero-order valence-corrected chi connectivity index (χ0v) is 10.4. The largest absolute Gasteiger partial charge is 0.497 e. The van der Waals surface area contributed by atoms with Crippen molar-refractivity contribution in [3.63, 3.8) is 0 Å². The lowest BCUT2D eigenvalue weighted by Crippen LogP contribution is -2.12. The first-order valence-electron chi connectivity index (χ1n) is 5.12. The molecular weight excluding hydrogens is 255 g/mol. The highest BCUT2D eigenvalue weighted by molar-refractivity contribution is 7.80. The third kappa shape index (κ3) is 2.62. The van der Waals surface area contributed by atoms with Gasteiger partial charge >= 0.3 is 0 Å². The fourth-order valence-corrected chi connectivity index (χ4v) is 1.54. The van der Waals surface area contributed by atoms with Gasteiger partial charge in [-0.2, -0.15) is 0 Å². The Kier molecular flexibility index (Phi) is 3.52. The number of nitrogens with zero attached hydrogens (tertiary/aromatic N) is 3. The second-order valence-electron chi connectivity index (χ2n) is 3.59. The Labute approximate surface area is 108 Å². The molecule has 0 aliphatic rings. The van der Waals surface area contributed by atoms with Crippen LogP contribution in [-0.4, -0.2) is 26.9 Å². The number of ether oxygens (including phenoxy) is 1. The van der Waals surface area contributed by atoms with Crippen LogP contribution in [0.4, 0.5) is 4.39 Å². The van der Waals surface area contributed by atoms with Crippen LogP contribution in [0.3, 0.4) is 0 Å². The van der Waals surface area contributed by atoms with Crippen LogP contribution in [0.15, 0.2) is 24.5 Å². The topological polar surface area (TPSA) is 66.0 Å². The van der Waals surface area contributed by atoms with Crippen LogP contribution in [0, 0.1) is 5.82 Å². The molecule has 0 aliphatic carbocycles. The van der Waals surface area contributed by atoms with Crippen LogP contribution in [0.2, 0.25) is 0 Å². The first-order valence-corrected chi connectivity index (χ1v) is 5.52. The molecule has 2 aromatic rings. The Hall–Kier alpha value is -2.02. The fraction of sp³-hybridized carbons (Fsp3) is 0.182. The quantitative estimate of drug-likeness (QED) is 0.840. The van der Waals surface area contributed by atoms with Gasteiger partial charge in [0.15, 0.2) is 0 Å². The molecule has 0 bridgehead atoms. The Morgan fingerprint density at radius 3 is 2.89 bits per heavy atom. The van der Waals surface area contributed by atoms with Crippen molar-refractivity contribution in [2.75, 3.05) is 7.11 Å². The summed E-state index contributed by atoms with van der Waals surface area (Å²) in [5.41, 5.74) is 5.87. The van der Waals surface area contributed by atoms with Crippen LogP contribution < -0.4 is 10.5 Å². The molecular formula is C11H11FN4OS. The molecule has 0 amide bonds. The third-order valence-corrected chi connectivity index (χ3v) is 2.53. The molecule has 0 atom stereocenters. The van der Waals surface area contributed by atoms with Gasteiger partial charge in [-0.1, -0.05) is 18.3 Å². The van der Waals surface area contributed by atoms with Crippen LogP contribution in [0.1, 0.15) is 11.4 Å². The summed E-state index contributed by atoms with van der Waals surface area (Å²) in [7, 11) is 1.49. The van der Waals surface area contributed by atoms with Crippen molar-refractivity contribution in [3.05, 3.63) is 41.7 Å². The molecule has 0 saturated heterocycles. The van der Waals surface area contributed by atoms with E-state index in [2.05, 4.69) is 10.1 Å². The molecule has 18 heavy (non-hydrogen) atoms. The monoisotopic (exact) mass is 266 g/mol. The van der Waals surface area contributed by atoms with Gasteiger partial charge < -0.3 is 10.5 Å². The van der Waals surface area contributed by atoms with E-state index < -0.39 is 0 Å². The zero-order valence-electron chi connectivity index (χ0n) is 9.63. The van der Waals surface area contributed by atoms with E-state index in [1.165, 1.54) is 24.2 Å². The number of nitrogens with two attached hydrogens (primary N) is 1. The van der Waals surface area contributed by atoms with Gasteiger partial charge in [-0.25, -0.2) is 14.1 Å². The second kappa shape index (κ2) is 5.09. The summed E-state index contributed by atoms with van der Waals surface area (Å²) in [6.45, 7) is 0.255. The minimum absolute atomic E-state index is 0.115. The maximum Gasteiger partial charge on any atom is 0.208 e. The van der Waals surface area contributed by atoms with Gasteiger partial charge in [0, 0.05) is 11.6 Å². The van der Waals surface area contributed by atoms with Crippen molar-refractivity contribution in [2.24, 2.45) is 5.73 Å². The smallest absolute Gasteiger partial charge is 0.208 e. The van der Waals surface area contributed by atoms with E-state index in [1.807, 2.05) is 0 Å². The maximum absolute atomic E-state index is 13.7. The van der Waals surface area contributed by atoms with Crippen LogP contribution in [-0.2, 0) is 6.54 Å². The molecule has 0 fully saturated rings. The molecule has 0 radical (unpaired) electrons. The number of benzene rings is 1. The Morgan fingerprint density at radius 1 is 1.56 bits per heavy atom.